The quantitative estimate of drug-likeness (QED) is 0.0826. The van der Waals surface area contributed by atoms with E-state index >= 15 is 0 Å². The molecule has 8 aliphatic rings. The smallest absolute Gasteiger partial charge is 0.0870 e. The van der Waals surface area contributed by atoms with E-state index in [2.05, 4.69) is 460 Å². The molecule has 9 rings (SSSR count). The molecule has 0 amide bonds. The Morgan fingerprint density at radius 3 is 0.667 bits per heavy atom. The van der Waals surface area contributed by atoms with Gasteiger partial charge in [0.15, 0.2) is 0 Å². The second kappa shape index (κ2) is 208. The van der Waals surface area contributed by atoms with Gasteiger partial charge in [-0.15, -0.1) is 10.7 Å². The Morgan fingerprint density at radius 2 is 0.542 bits per heavy atom. The van der Waals surface area contributed by atoms with Crippen molar-refractivity contribution in [3.05, 3.63) is 86.2 Å². The van der Waals surface area contributed by atoms with Crippen LogP contribution in [0.15, 0.2) is 86.2 Å². The molecule has 0 saturated carbocycles. The molecule has 13 N–H and O–H groups in total. The molecule has 877 valence electrons. The molecule has 0 bridgehead atoms. The normalized spacial score (nSPS) is 12.2. The van der Waals surface area contributed by atoms with Gasteiger partial charge in [0, 0.05) is 206 Å². The van der Waals surface area contributed by atoms with Crippen LogP contribution < -0.4 is 70.6 Å². The molecule has 3 fully saturated rings. The van der Waals surface area contributed by atoms with Crippen molar-refractivity contribution in [1.29, 1.82) is 0 Å². The van der Waals surface area contributed by atoms with Gasteiger partial charge in [0.1, 0.15) is 0 Å². The Labute approximate surface area is 941 Å². The Hall–Kier alpha value is -3.40. The van der Waals surface area contributed by atoms with Gasteiger partial charge in [-0.1, -0.05) is 397 Å². The van der Waals surface area contributed by atoms with Crippen molar-refractivity contribution in [1.82, 2.24) is 115 Å². The lowest BCUT2D eigenvalue weighted by Crippen LogP contribution is -2.43. The highest BCUT2D eigenvalue weighted by molar-refractivity contribution is 5.76. The Morgan fingerprint density at radius 1 is 0.243 bits per heavy atom. The molecule has 1 aromatic rings. The number of nitrogens with one attached hydrogen (secondary N) is 13. The van der Waals surface area contributed by atoms with E-state index in [4.69, 9.17) is 0 Å². The van der Waals surface area contributed by atoms with Crippen molar-refractivity contribution >= 4 is 75.7 Å². The molecule has 27 radical (unpaired) electrons. The maximum Gasteiger partial charge on any atom is 0.0870 e. The first-order chi connectivity index (χ1) is 58.8. The lowest BCUT2D eigenvalue weighted by atomic mass is 10.3. The zero-order valence-electron chi connectivity index (χ0n) is 104. The molecule has 0 unspecified atom stereocenters. The summed E-state index contributed by atoms with van der Waals surface area (Å²) >= 11 is 0. The molecule has 1 aromatic heterocycles. The van der Waals surface area contributed by atoms with Crippen molar-refractivity contribution < 1.29 is 0 Å². The molecule has 22 nitrogen and oxygen atoms in total. The highest BCUT2D eigenvalue weighted by Crippen LogP contribution is 2.05. The Bertz CT molecular complexity index is 1770. The van der Waals surface area contributed by atoms with Gasteiger partial charge < -0.3 is 36.1 Å². The first-order valence-electron chi connectivity index (χ1n) is 51.0. The number of hydrazine groups is 10. The summed E-state index contributed by atoms with van der Waals surface area (Å²) in [5, 5.41) is 16.5. The van der Waals surface area contributed by atoms with Crippen molar-refractivity contribution in [2.45, 2.75) is 557 Å². The molecular weight excluding hydrogens is 1760 g/mol. The molecule has 31 heteroatoms. The van der Waals surface area contributed by atoms with E-state index in [9.17, 15) is 0 Å². The maximum absolute atomic E-state index is 3.18. The van der Waals surface area contributed by atoms with Crippen LogP contribution in [0.2, 0.25) is 0 Å². The fourth-order valence-corrected chi connectivity index (χ4v) is 6.27. The second-order valence-electron chi connectivity index (χ2n) is 35.8. The van der Waals surface area contributed by atoms with Crippen LogP contribution >= 0.6 is 0 Å². The minimum absolute atomic E-state index is 0. The third-order valence-electron chi connectivity index (χ3n) is 11.3. The van der Waals surface area contributed by atoms with Crippen molar-refractivity contribution in [3.63, 3.8) is 0 Å². The summed E-state index contributed by atoms with van der Waals surface area (Å²) in [4.78, 5) is 6.96. The number of hydrogen-bond acceptors (Lipinski definition) is 21. The summed E-state index contributed by atoms with van der Waals surface area (Å²) in [6.45, 7) is 142. The van der Waals surface area contributed by atoms with Crippen molar-refractivity contribution in [2.75, 3.05) is 59.6 Å². The fraction of sp³-hybridized carbons (Fsp3) is 0.876. The van der Waals surface area contributed by atoms with E-state index in [1.54, 1.807) is 0 Å². The SMILES string of the molecule is C.C.C.C.C.C.C.C.C.CC.CC.CC.CC.CC.CC.CC.CC.CC.CC(C)C.CC(C)C.CC(C)C.CC(C)C.CC(C)C.CC(C)C.CC(C)C.CC(C)C.CC(C)C.CC(C)N1C=CCN1.CC(C)N1C=CNC1.CC(C)N1C=CNN1.CC(C)N1CC=CC1.CC(C)N1CNCN1.CC(C)N1CNNC1.CC(C)N1CNNN1.CC(C)N1NC=CN1.CC(C)n1cccc1.[B].[B].[B].[B].[B].[B].[B].[B].[B]. The first kappa shape index (κ1) is 250. The number of aromatic nitrogens is 1. The van der Waals surface area contributed by atoms with E-state index in [0.717, 1.165) is 113 Å². The molecule has 8 aliphatic heterocycles. The summed E-state index contributed by atoms with van der Waals surface area (Å²) in [5.41, 5.74) is 32.8. The third-order valence-corrected chi connectivity index (χ3v) is 11.3. The molecule has 0 aliphatic carbocycles. The van der Waals surface area contributed by atoms with Gasteiger partial charge in [-0.25, -0.2) is 37.1 Å². The van der Waals surface area contributed by atoms with E-state index < -0.39 is 0 Å². The molecule has 3 saturated heterocycles. The topological polar surface area (TPSA) is 187 Å². The van der Waals surface area contributed by atoms with E-state index in [1.165, 1.54) is 0 Å². The van der Waals surface area contributed by atoms with Crippen LogP contribution in [0.4, 0.5) is 0 Å². The Balaban J connectivity index is -0.0000000250. The third kappa shape index (κ3) is 287. The maximum atomic E-state index is 3.18. The van der Waals surface area contributed by atoms with E-state index in [0.29, 0.717) is 54.4 Å². The predicted molar refractivity (Wildman–Crippen MR) is 700 cm³/mol. The van der Waals surface area contributed by atoms with E-state index in [-0.39, 0.29) is 143 Å². The van der Waals surface area contributed by atoms with Gasteiger partial charge in [0.2, 0.25) is 0 Å². The van der Waals surface area contributed by atoms with Gasteiger partial charge >= 0.3 is 0 Å². The molecule has 0 atom stereocenters. The van der Waals surface area contributed by atoms with Gasteiger partial charge in [0.05, 0.1) is 40.0 Å². The van der Waals surface area contributed by atoms with Crippen LogP contribution in [0.3, 0.4) is 0 Å². The number of rotatable bonds is 9. The second-order valence-corrected chi connectivity index (χ2v) is 35.8. The average molecular weight is 2050 g/mol. The van der Waals surface area contributed by atoms with Crippen molar-refractivity contribution in [2.24, 2.45) is 53.3 Å². The molecule has 144 heavy (non-hydrogen) atoms. The standard InChI is InChI=1S/C7H13N.C7H11N.2C6H12N2.2C5H13N3.2C5H11N3.C4H12N4.9C4H10.9C2H6.9CH4.9B/c2*1-7(2)8-5-3-4-6-8;1-6(2)8-4-3-7-5-8;1-6(2)8-5-3-4-7-8;1-5(2)8-3-6-7-4-8;1-5(2)8-4-6-3-7-8;1-5(2)8-4-3-6-7-8;1-5(2)8-6-3-4-7-8;1-4(2)8-3-5-6-7-8;9*1-4(2)3;9*1-2;;;;;;;;;;;;;;;;;;/h3-4,7H,5-6H2,1-2H3;3-7H,1-2H3;3-4,6-7H,5H2,1-2H3;3,5-7H,4H2,1-2H3;2*5-7H,3-4H2,1-2H3;2*3-7H,1-2H3;4-7H,3H2,1-2H3;9*4H,1-3H3;9*1-2H3;9*1H4;;;;;;;;;. The summed E-state index contributed by atoms with van der Waals surface area (Å²) < 4.78 is 2.17. The minimum atomic E-state index is 0. The highest BCUT2D eigenvalue weighted by atomic mass is 15.9. The summed E-state index contributed by atoms with van der Waals surface area (Å²) in [6, 6.07) is 9.40. The fourth-order valence-electron chi connectivity index (χ4n) is 6.27. The average Bonchev–Trinajstić information content (AvgIpc) is 1.90. The van der Waals surface area contributed by atoms with Gasteiger partial charge in [-0.05, 0) is 190 Å². The van der Waals surface area contributed by atoms with Crippen LogP contribution in [0.5, 0.6) is 0 Å². The van der Waals surface area contributed by atoms with Crippen LogP contribution in [0.1, 0.15) is 509 Å². The van der Waals surface area contributed by atoms with Gasteiger partial charge in [-0.2, -0.15) is 11.1 Å². The van der Waals surface area contributed by atoms with Crippen LogP contribution in [-0.4, -0.2) is 228 Å². The van der Waals surface area contributed by atoms with Gasteiger partial charge in [-0.3, -0.25) is 20.1 Å². The first-order valence-corrected chi connectivity index (χ1v) is 51.0. The van der Waals surface area contributed by atoms with Crippen LogP contribution in [0, 0.1) is 53.3 Å². The van der Waals surface area contributed by atoms with Crippen molar-refractivity contribution in [3.8, 4) is 0 Å². The molecule has 9 heterocycles. The number of hydrogen-bond donors (Lipinski definition) is 13. The van der Waals surface area contributed by atoms with Crippen LogP contribution in [-0.2, 0) is 0 Å². The monoisotopic (exact) mass is 2050 g/mol. The summed E-state index contributed by atoms with van der Waals surface area (Å²) in [5.74, 6) is 7.50. The van der Waals surface area contributed by atoms with E-state index in [1.807, 2.05) is 178 Å². The highest BCUT2D eigenvalue weighted by Gasteiger charge is 2.15. The Kier molecular flexibility index (Phi) is 361. The predicted octanol–water partition coefficient (Wildman–Crippen LogP) is 30.3. The molecular formula is C113H288B9N22. The number of nitrogens with zero attached hydrogens (tertiary/aromatic N) is 9. The summed E-state index contributed by atoms with van der Waals surface area (Å²) in [6.07, 6.45) is 24.4. The molecule has 0 spiro atoms. The van der Waals surface area contributed by atoms with Crippen LogP contribution in [0.25, 0.3) is 0 Å². The lowest BCUT2D eigenvalue weighted by Gasteiger charge is -2.19. The zero-order valence-corrected chi connectivity index (χ0v) is 104. The zero-order chi connectivity index (χ0) is 104. The summed E-state index contributed by atoms with van der Waals surface area (Å²) in [7, 11) is 0. The lowest BCUT2D eigenvalue weighted by molar-refractivity contribution is 0.144. The molecule has 0 aromatic carbocycles. The van der Waals surface area contributed by atoms with Gasteiger partial charge in [0.25, 0.3) is 0 Å². The minimum Gasteiger partial charge on any atom is -0.373 e. The largest absolute Gasteiger partial charge is 0.373 e.